The van der Waals surface area contributed by atoms with Crippen molar-refractivity contribution in [1.82, 2.24) is 10.3 Å². The largest absolute Gasteiger partial charge is 0.313 e. The standard InChI is InChI=1S/C17H22N2S/c1-18-17(10-13-6-8-20-9-7-13)15-11-14-4-2-3-5-16(14)19-12-15/h2-5,11-13,17-18H,6-10H2,1H3. The quantitative estimate of drug-likeness (QED) is 0.918. The zero-order chi connectivity index (χ0) is 13.8. The van der Waals surface area contributed by atoms with E-state index in [1.807, 2.05) is 12.3 Å². The molecule has 1 unspecified atom stereocenters. The number of para-hydroxylation sites is 1. The summed E-state index contributed by atoms with van der Waals surface area (Å²) in [7, 11) is 2.07. The van der Waals surface area contributed by atoms with Crippen LogP contribution < -0.4 is 5.32 Å². The molecule has 0 amide bonds. The Morgan fingerprint density at radius 1 is 1.30 bits per heavy atom. The Hall–Kier alpha value is -1.06. The second-order valence-electron chi connectivity index (χ2n) is 5.59. The van der Waals surface area contributed by atoms with E-state index in [0.29, 0.717) is 6.04 Å². The number of hydrogen-bond acceptors (Lipinski definition) is 3. The molecule has 0 radical (unpaired) electrons. The van der Waals surface area contributed by atoms with Crippen LogP contribution in [0.2, 0.25) is 0 Å². The van der Waals surface area contributed by atoms with Gasteiger partial charge in [-0.2, -0.15) is 11.8 Å². The second kappa shape index (κ2) is 6.59. The van der Waals surface area contributed by atoms with Gasteiger partial charge in [0.1, 0.15) is 0 Å². The molecule has 2 aromatic rings. The molecule has 106 valence electrons. The van der Waals surface area contributed by atoms with Gasteiger partial charge in [0.15, 0.2) is 0 Å². The summed E-state index contributed by atoms with van der Waals surface area (Å²) in [5.74, 6) is 3.52. The fourth-order valence-corrected chi connectivity index (χ4v) is 4.22. The van der Waals surface area contributed by atoms with Crippen LogP contribution >= 0.6 is 11.8 Å². The van der Waals surface area contributed by atoms with Crippen molar-refractivity contribution in [2.75, 3.05) is 18.6 Å². The van der Waals surface area contributed by atoms with Crippen molar-refractivity contribution < 1.29 is 0 Å². The summed E-state index contributed by atoms with van der Waals surface area (Å²) in [4.78, 5) is 4.60. The van der Waals surface area contributed by atoms with Gasteiger partial charge in [-0.05, 0) is 61.4 Å². The Bertz CT molecular complexity index is 564. The Balaban J connectivity index is 1.79. The summed E-state index contributed by atoms with van der Waals surface area (Å²) in [6.07, 6.45) is 6.01. The van der Waals surface area contributed by atoms with Crippen molar-refractivity contribution in [3.05, 3.63) is 42.1 Å². The number of thioether (sulfide) groups is 1. The Morgan fingerprint density at radius 3 is 2.90 bits per heavy atom. The molecule has 0 aliphatic carbocycles. The third kappa shape index (κ3) is 3.15. The van der Waals surface area contributed by atoms with Gasteiger partial charge in [-0.1, -0.05) is 18.2 Å². The highest BCUT2D eigenvalue weighted by atomic mass is 32.2. The predicted octanol–water partition coefficient (Wildman–Crippen LogP) is 4.03. The minimum atomic E-state index is 0.431. The molecule has 1 N–H and O–H groups in total. The SMILES string of the molecule is CNC(CC1CCSCC1)c1cnc2ccccc2c1. The monoisotopic (exact) mass is 286 g/mol. The van der Waals surface area contributed by atoms with Crippen molar-refractivity contribution in [1.29, 1.82) is 0 Å². The lowest BCUT2D eigenvalue weighted by molar-refractivity contribution is 0.384. The van der Waals surface area contributed by atoms with Crippen LogP contribution in [0, 0.1) is 5.92 Å². The van der Waals surface area contributed by atoms with Gasteiger partial charge in [0.25, 0.3) is 0 Å². The maximum atomic E-state index is 4.60. The summed E-state index contributed by atoms with van der Waals surface area (Å²) in [5.41, 5.74) is 2.41. The van der Waals surface area contributed by atoms with Crippen molar-refractivity contribution >= 4 is 22.7 Å². The molecule has 1 aromatic heterocycles. The molecule has 0 bridgehead atoms. The summed E-state index contributed by atoms with van der Waals surface area (Å²) in [5, 5.41) is 4.72. The van der Waals surface area contributed by atoms with E-state index in [1.165, 1.54) is 41.7 Å². The first-order valence-electron chi connectivity index (χ1n) is 7.46. The first-order valence-corrected chi connectivity index (χ1v) is 8.62. The number of fused-ring (bicyclic) bond motifs is 1. The van der Waals surface area contributed by atoms with E-state index in [4.69, 9.17) is 0 Å². The van der Waals surface area contributed by atoms with E-state index in [2.05, 4.69) is 53.4 Å². The number of hydrogen-bond donors (Lipinski definition) is 1. The highest BCUT2D eigenvalue weighted by molar-refractivity contribution is 7.99. The normalized spacial score (nSPS) is 18.2. The molecule has 0 spiro atoms. The summed E-state index contributed by atoms with van der Waals surface area (Å²) < 4.78 is 0. The van der Waals surface area contributed by atoms with Crippen LogP contribution in [0.15, 0.2) is 36.5 Å². The molecule has 2 heterocycles. The van der Waals surface area contributed by atoms with Crippen LogP contribution in [-0.4, -0.2) is 23.5 Å². The zero-order valence-electron chi connectivity index (χ0n) is 12.0. The minimum absolute atomic E-state index is 0.431. The highest BCUT2D eigenvalue weighted by Gasteiger charge is 2.19. The molecule has 1 saturated heterocycles. The number of nitrogens with one attached hydrogen (secondary N) is 1. The lowest BCUT2D eigenvalue weighted by atomic mass is 9.91. The highest BCUT2D eigenvalue weighted by Crippen LogP contribution is 2.31. The van der Waals surface area contributed by atoms with E-state index in [-0.39, 0.29) is 0 Å². The fraction of sp³-hybridized carbons (Fsp3) is 0.471. The van der Waals surface area contributed by atoms with Crippen molar-refractivity contribution in [3.8, 4) is 0 Å². The molecule has 1 aliphatic heterocycles. The first-order chi connectivity index (χ1) is 9.86. The average Bonchev–Trinajstić information content (AvgIpc) is 2.53. The van der Waals surface area contributed by atoms with Gasteiger partial charge in [0, 0.05) is 17.6 Å². The molecular formula is C17H22N2S. The van der Waals surface area contributed by atoms with Crippen LogP contribution in [0.25, 0.3) is 10.9 Å². The summed E-state index contributed by atoms with van der Waals surface area (Å²) >= 11 is 2.10. The zero-order valence-corrected chi connectivity index (χ0v) is 12.8. The Kier molecular flexibility index (Phi) is 4.58. The third-order valence-electron chi connectivity index (χ3n) is 4.27. The smallest absolute Gasteiger partial charge is 0.0702 e. The molecular weight excluding hydrogens is 264 g/mol. The Labute approximate surface area is 125 Å². The molecule has 3 rings (SSSR count). The molecule has 3 heteroatoms. The molecule has 20 heavy (non-hydrogen) atoms. The minimum Gasteiger partial charge on any atom is -0.313 e. The van der Waals surface area contributed by atoms with Gasteiger partial charge in [-0.15, -0.1) is 0 Å². The van der Waals surface area contributed by atoms with Crippen LogP contribution in [0.4, 0.5) is 0 Å². The third-order valence-corrected chi connectivity index (χ3v) is 5.32. The molecule has 1 aromatic carbocycles. The molecule has 1 fully saturated rings. The van der Waals surface area contributed by atoms with E-state index >= 15 is 0 Å². The van der Waals surface area contributed by atoms with Crippen LogP contribution in [0.3, 0.4) is 0 Å². The number of pyridine rings is 1. The van der Waals surface area contributed by atoms with E-state index < -0.39 is 0 Å². The van der Waals surface area contributed by atoms with Crippen LogP contribution in [0.5, 0.6) is 0 Å². The van der Waals surface area contributed by atoms with Crippen LogP contribution in [-0.2, 0) is 0 Å². The first kappa shape index (κ1) is 13.9. The second-order valence-corrected chi connectivity index (χ2v) is 6.82. The summed E-state index contributed by atoms with van der Waals surface area (Å²) in [6.45, 7) is 0. The average molecular weight is 286 g/mol. The molecule has 1 atom stereocenters. The van der Waals surface area contributed by atoms with Gasteiger partial charge in [0.05, 0.1) is 5.52 Å². The number of nitrogens with zero attached hydrogens (tertiary/aromatic N) is 1. The van der Waals surface area contributed by atoms with Gasteiger partial charge >= 0.3 is 0 Å². The topological polar surface area (TPSA) is 24.9 Å². The van der Waals surface area contributed by atoms with Crippen molar-refractivity contribution in [2.45, 2.75) is 25.3 Å². The summed E-state index contributed by atoms with van der Waals surface area (Å²) in [6, 6.07) is 11.1. The maximum Gasteiger partial charge on any atom is 0.0702 e. The van der Waals surface area contributed by atoms with E-state index in [1.54, 1.807) is 0 Å². The van der Waals surface area contributed by atoms with E-state index in [0.717, 1.165) is 11.4 Å². The van der Waals surface area contributed by atoms with Crippen molar-refractivity contribution in [3.63, 3.8) is 0 Å². The van der Waals surface area contributed by atoms with Gasteiger partial charge < -0.3 is 5.32 Å². The van der Waals surface area contributed by atoms with Crippen LogP contribution in [0.1, 0.15) is 30.9 Å². The van der Waals surface area contributed by atoms with Gasteiger partial charge in [-0.3, -0.25) is 4.98 Å². The number of rotatable bonds is 4. The van der Waals surface area contributed by atoms with Gasteiger partial charge in [0.2, 0.25) is 0 Å². The predicted molar refractivity (Wildman–Crippen MR) is 88.2 cm³/mol. The molecule has 0 saturated carbocycles. The van der Waals surface area contributed by atoms with Crippen molar-refractivity contribution in [2.24, 2.45) is 5.92 Å². The molecule has 1 aliphatic rings. The fourth-order valence-electron chi connectivity index (χ4n) is 3.01. The number of aromatic nitrogens is 1. The van der Waals surface area contributed by atoms with E-state index in [9.17, 15) is 0 Å². The lowest BCUT2D eigenvalue weighted by Gasteiger charge is -2.26. The number of benzene rings is 1. The van der Waals surface area contributed by atoms with Gasteiger partial charge in [-0.25, -0.2) is 0 Å². The maximum absolute atomic E-state index is 4.60. The molecule has 2 nitrogen and oxygen atoms in total. The lowest BCUT2D eigenvalue weighted by Crippen LogP contribution is -2.22. The Morgan fingerprint density at radius 2 is 2.10 bits per heavy atom.